The number of fused-ring (bicyclic) bond motifs is 3. The van der Waals surface area contributed by atoms with E-state index < -0.39 is 53.3 Å². The molecule has 1 aromatic carbocycles. The number of carbonyl (C=O) groups excluding carboxylic acids is 1. The number of carboxylic acid groups (broad SMARTS) is 1. The summed E-state index contributed by atoms with van der Waals surface area (Å²) in [5.74, 6) is -4.98. The van der Waals surface area contributed by atoms with Crippen LogP contribution in [-0.2, 0) is 9.59 Å². The Hall–Kier alpha value is -1.89. The summed E-state index contributed by atoms with van der Waals surface area (Å²) in [4.78, 5) is 25.8. The zero-order valence-electron chi connectivity index (χ0n) is 13.2. The molecule has 0 spiro atoms. The fourth-order valence-corrected chi connectivity index (χ4v) is 5.63. The zero-order valence-corrected chi connectivity index (χ0v) is 14.0. The number of benzene rings is 1. The minimum absolute atomic E-state index is 0.158. The van der Waals surface area contributed by atoms with Gasteiger partial charge in [-0.3, -0.25) is 9.59 Å². The van der Waals surface area contributed by atoms with Gasteiger partial charge in [-0.05, 0) is 12.0 Å². The van der Waals surface area contributed by atoms with Gasteiger partial charge in [0.1, 0.15) is 23.6 Å². The van der Waals surface area contributed by atoms with Crippen molar-refractivity contribution in [2.45, 2.75) is 36.1 Å². The maximum absolute atomic E-state index is 15.4. The summed E-state index contributed by atoms with van der Waals surface area (Å²) in [7, 11) is 0. The Kier molecular flexibility index (Phi) is 3.86. The van der Waals surface area contributed by atoms with Crippen LogP contribution in [0, 0.1) is 11.8 Å². The van der Waals surface area contributed by atoms with Crippen molar-refractivity contribution in [3.63, 3.8) is 0 Å². The first-order valence-electron chi connectivity index (χ1n) is 8.15. The van der Waals surface area contributed by atoms with Crippen LogP contribution in [-0.4, -0.2) is 45.5 Å². The SMILES string of the molecule is C=C1SC2C(C(=O)O)C(=O)C3CC(F)C(c4ccccc4)C(F)C3N12. The molecule has 2 aliphatic heterocycles. The van der Waals surface area contributed by atoms with Gasteiger partial charge in [0, 0.05) is 11.8 Å². The average Bonchev–Trinajstić information content (AvgIpc) is 2.56. The van der Waals surface area contributed by atoms with Gasteiger partial charge in [-0.15, -0.1) is 0 Å². The molecule has 0 aromatic heterocycles. The lowest BCUT2D eigenvalue weighted by Crippen LogP contribution is -2.69. The predicted octanol–water partition coefficient (Wildman–Crippen LogP) is 2.96. The van der Waals surface area contributed by atoms with E-state index >= 15 is 4.39 Å². The normalized spacial score (nSPS) is 40.1. The van der Waals surface area contributed by atoms with Crippen LogP contribution in [0.3, 0.4) is 0 Å². The van der Waals surface area contributed by atoms with E-state index in [1.54, 1.807) is 35.2 Å². The Bertz CT molecular complexity index is 743. The number of ketones is 1. The number of Topliss-reactive ketones (excluding diaryl/α,β-unsaturated/α-hetero) is 1. The van der Waals surface area contributed by atoms with Gasteiger partial charge in [0.15, 0.2) is 5.78 Å². The molecule has 0 amide bonds. The summed E-state index contributed by atoms with van der Waals surface area (Å²) in [6.07, 6.45) is -3.29. The van der Waals surface area contributed by atoms with E-state index in [0.717, 1.165) is 0 Å². The fourth-order valence-electron chi connectivity index (χ4n) is 4.39. The summed E-state index contributed by atoms with van der Waals surface area (Å²) < 4.78 is 30.2. The molecule has 132 valence electrons. The number of aliphatic carboxylic acids is 1. The third-order valence-electron chi connectivity index (χ3n) is 5.50. The van der Waals surface area contributed by atoms with Crippen molar-refractivity contribution >= 4 is 23.5 Å². The third-order valence-corrected chi connectivity index (χ3v) is 6.72. The van der Waals surface area contributed by atoms with Crippen LogP contribution in [0.4, 0.5) is 8.78 Å². The molecule has 0 radical (unpaired) electrons. The molecule has 1 aromatic rings. The summed E-state index contributed by atoms with van der Waals surface area (Å²) in [6, 6.07) is 7.77. The van der Waals surface area contributed by atoms with Crippen LogP contribution in [0.2, 0.25) is 0 Å². The molecule has 1 saturated carbocycles. The van der Waals surface area contributed by atoms with Crippen LogP contribution in [0.15, 0.2) is 41.9 Å². The average molecular weight is 365 g/mol. The second-order valence-electron chi connectivity index (χ2n) is 6.76. The number of thioether (sulfide) groups is 1. The Morgan fingerprint density at radius 1 is 1.28 bits per heavy atom. The minimum Gasteiger partial charge on any atom is -0.481 e. The van der Waals surface area contributed by atoms with Crippen molar-refractivity contribution in [1.29, 1.82) is 0 Å². The molecule has 4 rings (SSSR count). The molecule has 25 heavy (non-hydrogen) atoms. The summed E-state index contributed by atoms with van der Waals surface area (Å²) in [5.41, 5.74) is 0.559. The van der Waals surface area contributed by atoms with Gasteiger partial charge in [-0.25, -0.2) is 8.78 Å². The maximum Gasteiger partial charge on any atom is 0.317 e. The van der Waals surface area contributed by atoms with E-state index in [2.05, 4.69) is 6.58 Å². The van der Waals surface area contributed by atoms with E-state index in [0.29, 0.717) is 10.6 Å². The molecule has 2 saturated heterocycles. The zero-order chi connectivity index (χ0) is 17.9. The van der Waals surface area contributed by atoms with Gasteiger partial charge in [0.25, 0.3) is 0 Å². The Morgan fingerprint density at radius 3 is 2.56 bits per heavy atom. The number of rotatable bonds is 2. The quantitative estimate of drug-likeness (QED) is 0.817. The molecule has 1 aliphatic carbocycles. The molecule has 3 aliphatic rings. The van der Waals surface area contributed by atoms with Crippen molar-refractivity contribution in [2.75, 3.05) is 0 Å². The summed E-state index contributed by atoms with van der Waals surface area (Å²) in [6.45, 7) is 3.83. The topological polar surface area (TPSA) is 57.6 Å². The standard InChI is InChI=1S/C18H17F2NO3S/c1-8-21-15-10(16(22)13(18(23)24)17(21)25-8)7-11(19)12(14(15)20)9-5-3-2-4-6-9/h2-6,10-15,17H,1,7H2,(H,23,24). The number of hydrogen-bond donors (Lipinski definition) is 1. The second-order valence-corrected chi connectivity index (χ2v) is 7.95. The first-order valence-corrected chi connectivity index (χ1v) is 9.03. The second kappa shape index (κ2) is 5.83. The van der Waals surface area contributed by atoms with Gasteiger partial charge in [-0.2, -0.15) is 0 Å². The van der Waals surface area contributed by atoms with Crippen LogP contribution in [0.25, 0.3) is 0 Å². The summed E-state index contributed by atoms with van der Waals surface area (Å²) in [5, 5.41) is 9.29. The first kappa shape index (κ1) is 16.6. The predicted molar refractivity (Wildman–Crippen MR) is 89.4 cm³/mol. The maximum atomic E-state index is 15.4. The number of carboxylic acids is 1. The van der Waals surface area contributed by atoms with E-state index in [1.807, 2.05) is 0 Å². The van der Waals surface area contributed by atoms with E-state index in [9.17, 15) is 19.1 Å². The lowest BCUT2D eigenvalue weighted by molar-refractivity contribution is -0.158. The summed E-state index contributed by atoms with van der Waals surface area (Å²) >= 11 is 1.18. The molecule has 2 heterocycles. The van der Waals surface area contributed by atoms with Crippen molar-refractivity contribution in [2.24, 2.45) is 11.8 Å². The largest absolute Gasteiger partial charge is 0.481 e. The van der Waals surface area contributed by atoms with Crippen LogP contribution in [0.1, 0.15) is 17.9 Å². The Balaban J connectivity index is 1.72. The van der Waals surface area contributed by atoms with Gasteiger partial charge in [-0.1, -0.05) is 48.7 Å². The van der Waals surface area contributed by atoms with Gasteiger partial charge in [0.2, 0.25) is 0 Å². The molecule has 7 heteroatoms. The highest BCUT2D eigenvalue weighted by Crippen LogP contribution is 2.56. The van der Waals surface area contributed by atoms with E-state index in [4.69, 9.17) is 0 Å². The number of carbonyl (C=O) groups is 2. The molecule has 1 N–H and O–H groups in total. The molecule has 3 fully saturated rings. The smallest absolute Gasteiger partial charge is 0.317 e. The van der Waals surface area contributed by atoms with Crippen molar-refractivity contribution in [3.05, 3.63) is 47.5 Å². The van der Waals surface area contributed by atoms with Crippen molar-refractivity contribution in [1.82, 2.24) is 4.90 Å². The van der Waals surface area contributed by atoms with Crippen molar-refractivity contribution < 1.29 is 23.5 Å². The van der Waals surface area contributed by atoms with Crippen LogP contribution >= 0.6 is 11.8 Å². The molecular weight excluding hydrogens is 348 g/mol. The number of halogens is 2. The highest BCUT2D eigenvalue weighted by molar-refractivity contribution is 8.05. The number of alkyl halides is 2. The van der Waals surface area contributed by atoms with Crippen molar-refractivity contribution in [3.8, 4) is 0 Å². The van der Waals surface area contributed by atoms with E-state index in [1.165, 1.54) is 11.8 Å². The lowest BCUT2D eigenvalue weighted by Gasteiger charge is -2.59. The first-order chi connectivity index (χ1) is 11.9. The Labute approximate surface area is 147 Å². The number of piperidine rings is 1. The molecule has 4 nitrogen and oxygen atoms in total. The molecule has 7 unspecified atom stereocenters. The van der Waals surface area contributed by atoms with Gasteiger partial charge >= 0.3 is 5.97 Å². The highest BCUT2D eigenvalue weighted by atomic mass is 32.2. The highest BCUT2D eigenvalue weighted by Gasteiger charge is 2.63. The Morgan fingerprint density at radius 2 is 1.96 bits per heavy atom. The third kappa shape index (κ3) is 2.32. The van der Waals surface area contributed by atoms with E-state index in [-0.39, 0.29) is 6.42 Å². The lowest BCUT2D eigenvalue weighted by atomic mass is 9.67. The minimum atomic E-state index is -1.60. The number of nitrogens with zero attached hydrogens (tertiary/aromatic N) is 1. The fraction of sp³-hybridized carbons (Fsp3) is 0.444. The molecule has 0 bridgehead atoms. The monoisotopic (exact) mass is 365 g/mol. The molecular formula is C18H17F2NO3S. The molecule has 7 atom stereocenters. The van der Waals surface area contributed by atoms with Crippen LogP contribution < -0.4 is 0 Å². The van der Waals surface area contributed by atoms with Gasteiger partial charge < -0.3 is 10.0 Å². The number of hydrogen-bond acceptors (Lipinski definition) is 4. The van der Waals surface area contributed by atoms with Crippen LogP contribution in [0.5, 0.6) is 0 Å². The van der Waals surface area contributed by atoms with Gasteiger partial charge in [0.05, 0.1) is 11.1 Å².